The summed E-state index contributed by atoms with van der Waals surface area (Å²) in [5.41, 5.74) is 2.34. The van der Waals surface area contributed by atoms with Gasteiger partial charge >= 0.3 is 0 Å². The van der Waals surface area contributed by atoms with Gasteiger partial charge in [-0.25, -0.2) is 4.39 Å². The third-order valence-electron chi connectivity index (χ3n) is 3.70. The topological polar surface area (TPSA) is 20.2 Å². The molecule has 0 spiro atoms. The standard InChI is InChI=1S/C18H14ClFO/c1-11-10-12(6-8-16(11)19)18(21)15-7-9-17(20)14-5-3-2-4-13(14)15/h2-10,18,21H,1H3. The average Bonchev–Trinajstić information content (AvgIpc) is 2.50. The second-order valence-corrected chi connectivity index (χ2v) is 5.50. The van der Waals surface area contributed by atoms with Crippen LogP contribution in [0.1, 0.15) is 22.8 Å². The van der Waals surface area contributed by atoms with Crippen LogP contribution in [-0.2, 0) is 0 Å². The number of fused-ring (bicyclic) bond motifs is 1. The Morgan fingerprint density at radius 2 is 1.71 bits per heavy atom. The minimum Gasteiger partial charge on any atom is -0.384 e. The van der Waals surface area contributed by atoms with Gasteiger partial charge in [-0.1, -0.05) is 54.1 Å². The highest BCUT2D eigenvalue weighted by atomic mass is 35.5. The molecule has 0 heterocycles. The van der Waals surface area contributed by atoms with Crippen LogP contribution in [0, 0.1) is 12.7 Å². The van der Waals surface area contributed by atoms with Crippen molar-refractivity contribution in [3.63, 3.8) is 0 Å². The van der Waals surface area contributed by atoms with Gasteiger partial charge in [-0.15, -0.1) is 0 Å². The van der Waals surface area contributed by atoms with E-state index in [1.54, 1.807) is 30.3 Å². The van der Waals surface area contributed by atoms with Crippen LogP contribution in [0.2, 0.25) is 5.02 Å². The number of aliphatic hydroxyl groups excluding tert-OH is 1. The Morgan fingerprint density at radius 1 is 1.00 bits per heavy atom. The lowest BCUT2D eigenvalue weighted by Gasteiger charge is -2.15. The third-order valence-corrected chi connectivity index (χ3v) is 4.12. The van der Waals surface area contributed by atoms with Crippen molar-refractivity contribution in [2.75, 3.05) is 0 Å². The highest BCUT2D eigenvalue weighted by Gasteiger charge is 2.15. The lowest BCUT2D eigenvalue weighted by Crippen LogP contribution is -2.01. The molecule has 1 N–H and O–H groups in total. The molecule has 21 heavy (non-hydrogen) atoms. The lowest BCUT2D eigenvalue weighted by atomic mass is 9.95. The van der Waals surface area contributed by atoms with Gasteiger partial charge in [0.2, 0.25) is 0 Å². The summed E-state index contributed by atoms with van der Waals surface area (Å²) >= 11 is 6.02. The van der Waals surface area contributed by atoms with E-state index in [2.05, 4.69) is 0 Å². The number of benzene rings is 3. The predicted octanol–water partition coefficient (Wildman–Crippen LogP) is 5.02. The zero-order valence-corrected chi connectivity index (χ0v) is 12.2. The molecule has 0 bridgehead atoms. The minimum atomic E-state index is -0.813. The zero-order valence-electron chi connectivity index (χ0n) is 11.5. The van der Waals surface area contributed by atoms with E-state index in [0.29, 0.717) is 16.0 Å². The lowest BCUT2D eigenvalue weighted by molar-refractivity contribution is 0.222. The van der Waals surface area contributed by atoms with Crippen LogP contribution in [0.3, 0.4) is 0 Å². The summed E-state index contributed by atoms with van der Waals surface area (Å²) in [5, 5.41) is 12.5. The average molecular weight is 301 g/mol. The van der Waals surface area contributed by atoms with E-state index in [4.69, 9.17) is 11.6 Å². The van der Waals surface area contributed by atoms with E-state index in [-0.39, 0.29) is 5.82 Å². The summed E-state index contributed by atoms with van der Waals surface area (Å²) in [7, 11) is 0. The quantitative estimate of drug-likeness (QED) is 0.704. The van der Waals surface area contributed by atoms with Crippen LogP contribution in [0.4, 0.5) is 4.39 Å². The Hall–Kier alpha value is -1.90. The van der Waals surface area contributed by atoms with E-state index in [1.807, 2.05) is 25.1 Å². The largest absolute Gasteiger partial charge is 0.384 e. The number of aryl methyl sites for hydroxylation is 1. The van der Waals surface area contributed by atoms with Crippen molar-refractivity contribution in [3.8, 4) is 0 Å². The van der Waals surface area contributed by atoms with Gasteiger partial charge in [-0.2, -0.15) is 0 Å². The second-order valence-electron chi connectivity index (χ2n) is 5.09. The van der Waals surface area contributed by atoms with E-state index in [0.717, 1.165) is 16.5 Å². The highest BCUT2D eigenvalue weighted by Crippen LogP contribution is 2.31. The molecule has 3 heteroatoms. The van der Waals surface area contributed by atoms with Crippen molar-refractivity contribution in [1.29, 1.82) is 0 Å². The molecule has 0 aliphatic heterocycles. The summed E-state index contributed by atoms with van der Waals surface area (Å²) < 4.78 is 13.9. The monoisotopic (exact) mass is 300 g/mol. The summed E-state index contributed by atoms with van der Waals surface area (Å²) in [6, 6.07) is 15.6. The molecular formula is C18H14ClFO. The van der Waals surface area contributed by atoms with Gasteiger partial charge in [0.15, 0.2) is 0 Å². The van der Waals surface area contributed by atoms with Crippen molar-refractivity contribution >= 4 is 22.4 Å². The van der Waals surface area contributed by atoms with Crippen molar-refractivity contribution in [2.24, 2.45) is 0 Å². The first-order chi connectivity index (χ1) is 10.1. The molecular weight excluding hydrogens is 287 g/mol. The Morgan fingerprint density at radius 3 is 2.43 bits per heavy atom. The molecule has 0 aliphatic rings. The number of hydrogen-bond donors (Lipinski definition) is 1. The SMILES string of the molecule is Cc1cc(C(O)c2ccc(F)c3ccccc23)ccc1Cl. The van der Waals surface area contributed by atoms with Gasteiger partial charge < -0.3 is 5.11 Å². The van der Waals surface area contributed by atoms with Gasteiger partial charge in [0, 0.05) is 10.4 Å². The van der Waals surface area contributed by atoms with Gasteiger partial charge in [0.1, 0.15) is 11.9 Å². The Bertz CT molecular complexity index is 813. The van der Waals surface area contributed by atoms with Crippen LogP contribution in [0.5, 0.6) is 0 Å². The molecule has 1 atom stereocenters. The van der Waals surface area contributed by atoms with Gasteiger partial charge in [0.05, 0.1) is 0 Å². The number of hydrogen-bond acceptors (Lipinski definition) is 1. The van der Waals surface area contributed by atoms with Crippen molar-refractivity contribution in [3.05, 3.63) is 82.1 Å². The maximum absolute atomic E-state index is 13.9. The maximum Gasteiger partial charge on any atom is 0.131 e. The second kappa shape index (κ2) is 5.47. The fourth-order valence-electron chi connectivity index (χ4n) is 2.54. The van der Waals surface area contributed by atoms with Crippen LogP contribution in [-0.4, -0.2) is 5.11 Å². The molecule has 0 fully saturated rings. The van der Waals surface area contributed by atoms with Crippen LogP contribution in [0.25, 0.3) is 10.8 Å². The van der Waals surface area contributed by atoms with E-state index in [9.17, 15) is 9.50 Å². The molecule has 0 saturated heterocycles. The molecule has 3 aromatic rings. The molecule has 0 radical (unpaired) electrons. The molecule has 0 saturated carbocycles. The third kappa shape index (κ3) is 2.53. The Balaban J connectivity index is 2.15. The normalized spacial score (nSPS) is 12.6. The van der Waals surface area contributed by atoms with E-state index < -0.39 is 6.10 Å². The summed E-state index contributed by atoms with van der Waals surface area (Å²) in [6.07, 6.45) is -0.813. The maximum atomic E-state index is 13.9. The molecule has 1 nitrogen and oxygen atoms in total. The smallest absolute Gasteiger partial charge is 0.131 e. The van der Waals surface area contributed by atoms with Gasteiger partial charge in [-0.05, 0) is 41.1 Å². The first-order valence-electron chi connectivity index (χ1n) is 6.69. The number of halogens is 2. The van der Waals surface area contributed by atoms with Gasteiger partial charge in [0.25, 0.3) is 0 Å². The van der Waals surface area contributed by atoms with E-state index in [1.165, 1.54) is 6.07 Å². The van der Waals surface area contributed by atoms with Crippen LogP contribution >= 0.6 is 11.6 Å². The molecule has 3 aromatic carbocycles. The van der Waals surface area contributed by atoms with Crippen molar-refractivity contribution < 1.29 is 9.50 Å². The predicted molar refractivity (Wildman–Crippen MR) is 84.2 cm³/mol. The minimum absolute atomic E-state index is 0.283. The zero-order chi connectivity index (χ0) is 15.0. The summed E-state index contributed by atoms with van der Waals surface area (Å²) in [6.45, 7) is 1.89. The molecule has 106 valence electrons. The number of aliphatic hydroxyl groups is 1. The fourth-order valence-corrected chi connectivity index (χ4v) is 2.66. The number of rotatable bonds is 2. The van der Waals surface area contributed by atoms with E-state index >= 15 is 0 Å². The van der Waals surface area contributed by atoms with Crippen molar-refractivity contribution in [2.45, 2.75) is 13.0 Å². The van der Waals surface area contributed by atoms with Crippen LogP contribution in [0.15, 0.2) is 54.6 Å². The Labute approximate surface area is 127 Å². The molecule has 0 aromatic heterocycles. The van der Waals surface area contributed by atoms with Crippen LogP contribution < -0.4 is 0 Å². The van der Waals surface area contributed by atoms with Gasteiger partial charge in [-0.3, -0.25) is 0 Å². The molecule has 0 amide bonds. The van der Waals surface area contributed by atoms with Crippen molar-refractivity contribution in [1.82, 2.24) is 0 Å². The first kappa shape index (κ1) is 14.1. The summed E-state index contributed by atoms with van der Waals surface area (Å²) in [4.78, 5) is 0. The first-order valence-corrected chi connectivity index (χ1v) is 7.07. The molecule has 1 unspecified atom stereocenters. The fraction of sp³-hybridized carbons (Fsp3) is 0.111. The molecule has 0 aliphatic carbocycles. The Kier molecular flexibility index (Phi) is 3.66. The highest BCUT2D eigenvalue weighted by molar-refractivity contribution is 6.31. The summed E-state index contributed by atoms with van der Waals surface area (Å²) in [5.74, 6) is -0.283. The molecule has 3 rings (SSSR count).